The lowest BCUT2D eigenvalue weighted by Crippen LogP contribution is -2.42. The first-order valence-electron chi connectivity index (χ1n) is 7.20. The molecule has 0 bridgehead atoms. The topological polar surface area (TPSA) is 90.0 Å². The highest BCUT2D eigenvalue weighted by Gasteiger charge is 2.31. The van der Waals surface area contributed by atoms with Crippen molar-refractivity contribution in [2.75, 3.05) is 32.1 Å². The molecule has 0 aromatic rings. The average Bonchev–Trinajstić information content (AvgIpc) is 2.46. The summed E-state index contributed by atoms with van der Waals surface area (Å²) in [4.78, 5) is 22.8. The largest absolute Gasteiger partial charge is 0.466 e. The fraction of sp³-hybridized carbons (Fsp3) is 0.846. The minimum Gasteiger partial charge on any atom is -0.466 e. The first kappa shape index (κ1) is 17.9. The van der Waals surface area contributed by atoms with Gasteiger partial charge in [-0.25, -0.2) is 12.7 Å². The predicted molar refractivity (Wildman–Crippen MR) is 76.0 cm³/mol. The number of ether oxygens (including phenoxy) is 2. The highest BCUT2D eigenvalue weighted by atomic mass is 32.2. The van der Waals surface area contributed by atoms with Crippen molar-refractivity contribution in [3.05, 3.63) is 0 Å². The number of rotatable bonds is 7. The molecule has 0 aromatic carbocycles. The van der Waals surface area contributed by atoms with Crippen LogP contribution in [-0.2, 0) is 29.1 Å². The van der Waals surface area contributed by atoms with Crippen LogP contribution >= 0.6 is 0 Å². The van der Waals surface area contributed by atoms with Crippen molar-refractivity contribution >= 4 is 22.0 Å². The van der Waals surface area contributed by atoms with Gasteiger partial charge in [-0.05, 0) is 26.7 Å². The second-order valence-electron chi connectivity index (χ2n) is 4.80. The van der Waals surface area contributed by atoms with Crippen LogP contribution in [0.1, 0.15) is 33.1 Å². The van der Waals surface area contributed by atoms with Gasteiger partial charge in [0, 0.05) is 13.1 Å². The van der Waals surface area contributed by atoms with E-state index in [2.05, 4.69) is 0 Å². The van der Waals surface area contributed by atoms with Gasteiger partial charge in [0.1, 0.15) is 0 Å². The van der Waals surface area contributed by atoms with E-state index in [0.29, 0.717) is 19.4 Å². The Morgan fingerprint density at radius 2 is 1.67 bits per heavy atom. The van der Waals surface area contributed by atoms with E-state index in [9.17, 15) is 18.0 Å². The smallest absolute Gasteiger partial charge is 0.309 e. The molecular weight excluding hydrogens is 298 g/mol. The fourth-order valence-corrected chi connectivity index (χ4v) is 3.65. The molecule has 0 aromatic heterocycles. The molecule has 1 aliphatic rings. The molecule has 1 rings (SSSR count). The summed E-state index contributed by atoms with van der Waals surface area (Å²) in [6.07, 6.45) is 0.767. The summed E-state index contributed by atoms with van der Waals surface area (Å²) in [6.45, 7) is 4.56. The molecule has 122 valence electrons. The Labute approximate surface area is 125 Å². The molecule has 1 heterocycles. The number of sulfonamides is 1. The van der Waals surface area contributed by atoms with Crippen LogP contribution in [0, 0.1) is 5.92 Å². The zero-order chi connectivity index (χ0) is 15.9. The molecule has 21 heavy (non-hydrogen) atoms. The third-order valence-corrected chi connectivity index (χ3v) is 5.21. The molecule has 0 amide bonds. The summed E-state index contributed by atoms with van der Waals surface area (Å²) in [5.41, 5.74) is 0. The number of carbonyl (C=O) groups is 2. The minimum absolute atomic E-state index is 0.145. The van der Waals surface area contributed by atoms with Crippen molar-refractivity contribution in [1.29, 1.82) is 0 Å². The van der Waals surface area contributed by atoms with Crippen LogP contribution in [0.15, 0.2) is 0 Å². The zero-order valence-corrected chi connectivity index (χ0v) is 13.4. The fourth-order valence-electron chi connectivity index (χ4n) is 2.20. The van der Waals surface area contributed by atoms with Gasteiger partial charge in [-0.3, -0.25) is 9.59 Å². The van der Waals surface area contributed by atoms with Crippen LogP contribution in [-0.4, -0.2) is 56.7 Å². The molecule has 8 heteroatoms. The number of nitrogens with zero attached hydrogens (tertiary/aromatic N) is 1. The average molecular weight is 321 g/mol. The molecule has 0 aliphatic carbocycles. The Kier molecular flexibility index (Phi) is 7.10. The second kappa shape index (κ2) is 8.33. The summed E-state index contributed by atoms with van der Waals surface area (Å²) in [5.74, 6) is -1.26. The summed E-state index contributed by atoms with van der Waals surface area (Å²) < 4.78 is 35.2. The number of carbonyl (C=O) groups excluding carboxylic acids is 2. The van der Waals surface area contributed by atoms with Crippen molar-refractivity contribution < 1.29 is 27.5 Å². The van der Waals surface area contributed by atoms with Crippen LogP contribution in [0.4, 0.5) is 0 Å². The zero-order valence-electron chi connectivity index (χ0n) is 12.5. The SMILES string of the molecule is CCOC(=O)CCS(=O)(=O)N1CCC(C(=O)OCC)CC1. The Hall–Kier alpha value is -1.15. The first-order chi connectivity index (χ1) is 9.90. The van der Waals surface area contributed by atoms with Gasteiger partial charge in [0.15, 0.2) is 0 Å². The molecular formula is C13H23NO6S. The second-order valence-corrected chi connectivity index (χ2v) is 6.88. The molecule has 0 unspecified atom stereocenters. The summed E-state index contributed by atoms with van der Waals surface area (Å²) in [5, 5.41) is 0. The van der Waals surface area contributed by atoms with Gasteiger partial charge >= 0.3 is 11.9 Å². The number of hydrogen-bond acceptors (Lipinski definition) is 6. The lowest BCUT2D eigenvalue weighted by Gasteiger charge is -2.29. The normalized spacial score (nSPS) is 17.4. The maximum atomic E-state index is 12.1. The van der Waals surface area contributed by atoms with Crippen molar-refractivity contribution in [2.24, 2.45) is 5.92 Å². The van der Waals surface area contributed by atoms with Gasteiger partial charge in [0.05, 0.1) is 31.3 Å². The third kappa shape index (κ3) is 5.62. The third-order valence-electron chi connectivity index (χ3n) is 3.34. The molecule has 1 aliphatic heterocycles. The summed E-state index contributed by atoms with van der Waals surface area (Å²) in [6, 6.07) is 0. The van der Waals surface area contributed by atoms with E-state index in [-0.39, 0.29) is 43.8 Å². The highest BCUT2D eigenvalue weighted by Crippen LogP contribution is 2.21. The monoisotopic (exact) mass is 321 g/mol. The van der Waals surface area contributed by atoms with Gasteiger partial charge in [0.25, 0.3) is 0 Å². The van der Waals surface area contributed by atoms with Gasteiger partial charge < -0.3 is 9.47 Å². The van der Waals surface area contributed by atoms with E-state index in [4.69, 9.17) is 9.47 Å². The summed E-state index contributed by atoms with van der Waals surface area (Å²) in [7, 11) is -3.48. The van der Waals surface area contributed by atoms with E-state index in [1.165, 1.54) is 4.31 Å². The van der Waals surface area contributed by atoms with E-state index in [0.717, 1.165) is 0 Å². The van der Waals surface area contributed by atoms with Crippen molar-refractivity contribution in [1.82, 2.24) is 4.31 Å². The molecule has 0 atom stereocenters. The van der Waals surface area contributed by atoms with Crippen molar-refractivity contribution in [3.8, 4) is 0 Å². The number of esters is 2. The lowest BCUT2D eigenvalue weighted by molar-refractivity contribution is -0.149. The quantitative estimate of drug-likeness (QED) is 0.636. The van der Waals surface area contributed by atoms with Crippen molar-refractivity contribution in [3.63, 3.8) is 0 Å². The van der Waals surface area contributed by atoms with E-state index >= 15 is 0 Å². The molecule has 1 fully saturated rings. The maximum Gasteiger partial charge on any atom is 0.309 e. The first-order valence-corrected chi connectivity index (χ1v) is 8.81. The maximum absolute atomic E-state index is 12.1. The van der Waals surface area contributed by atoms with E-state index < -0.39 is 16.0 Å². The number of hydrogen-bond donors (Lipinski definition) is 0. The highest BCUT2D eigenvalue weighted by molar-refractivity contribution is 7.89. The predicted octanol–water partition coefficient (Wildman–Crippen LogP) is 0.544. The van der Waals surface area contributed by atoms with Crippen LogP contribution < -0.4 is 0 Å². The molecule has 1 saturated heterocycles. The Morgan fingerprint density at radius 1 is 1.10 bits per heavy atom. The molecule has 0 N–H and O–H groups in total. The Bertz CT molecular complexity index is 453. The van der Waals surface area contributed by atoms with Crippen LogP contribution in [0.25, 0.3) is 0 Å². The van der Waals surface area contributed by atoms with Gasteiger partial charge in [-0.1, -0.05) is 0 Å². The minimum atomic E-state index is -3.48. The van der Waals surface area contributed by atoms with Crippen LogP contribution in [0.3, 0.4) is 0 Å². The van der Waals surface area contributed by atoms with Gasteiger partial charge in [-0.2, -0.15) is 0 Å². The van der Waals surface area contributed by atoms with Crippen LogP contribution in [0.2, 0.25) is 0 Å². The van der Waals surface area contributed by atoms with Crippen molar-refractivity contribution in [2.45, 2.75) is 33.1 Å². The Balaban J connectivity index is 2.45. The van der Waals surface area contributed by atoms with E-state index in [1.54, 1.807) is 13.8 Å². The van der Waals surface area contributed by atoms with Gasteiger partial charge in [-0.15, -0.1) is 0 Å². The number of piperidine rings is 1. The molecule has 0 spiro atoms. The lowest BCUT2D eigenvalue weighted by atomic mass is 9.98. The molecule has 0 radical (unpaired) electrons. The molecule has 0 saturated carbocycles. The standard InChI is InChI=1S/C13H23NO6S/c1-3-19-12(15)7-10-21(17,18)14-8-5-11(6-9-14)13(16)20-4-2/h11H,3-10H2,1-2H3. The summed E-state index contributed by atoms with van der Waals surface area (Å²) >= 11 is 0. The Morgan fingerprint density at radius 3 is 2.19 bits per heavy atom. The van der Waals surface area contributed by atoms with Crippen LogP contribution in [0.5, 0.6) is 0 Å². The molecule has 7 nitrogen and oxygen atoms in total. The van der Waals surface area contributed by atoms with Gasteiger partial charge in [0.2, 0.25) is 10.0 Å². The van der Waals surface area contributed by atoms with E-state index in [1.807, 2.05) is 0 Å².